The van der Waals surface area contributed by atoms with Gasteiger partial charge in [0.1, 0.15) is 0 Å². The first-order chi connectivity index (χ1) is 9.85. The summed E-state index contributed by atoms with van der Waals surface area (Å²) in [6.07, 6.45) is 5.05. The van der Waals surface area contributed by atoms with Crippen molar-refractivity contribution in [2.75, 3.05) is 32.8 Å². The molecule has 1 atom stereocenters. The maximum Gasteiger partial charge on any atom is 0.0593 e. The minimum atomic E-state index is 0.564. The summed E-state index contributed by atoms with van der Waals surface area (Å²) in [5.74, 6) is 0.564. The summed E-state index contributed by atoms with van der Waals surface area (Å²) in [5, 5.41) is 1.29. The lowest BCUT2D eigenvalue weighted by molar-refractivity contribution is 0.122. The molecule has 3 nitrogen and oxygen atoms in total. The van der Waals surface area contributed by atoms with Crippen LogP contribution in [0.2, 0.25) is 0 Å². The van der Waals surface area contributed by atoms with E-state index in [2.05, 4.69) is 40.7 Å². The number of aromatic amines is 1. The molecule has 0 aliphatic carbocycles. The van der Waals surface area contributed by atoms with E-state index in [0.717, 1.165) is 39.3 Å². The van der Waals surface area contributed by atoms with Crippen LogP contribution in [0.25, 0.3) is 10.9 Å². The van der Waals surface area contributed by atoms with Crippen LogP contribution in [0.3, 0.4) is 0 Å². The third kappa shape index (κ3) is 3.11. The molecule has 1 saturated heterocycles. The third-order valence-electron chi connectivity index (χ3n) is 3.95. The summed E-state index contributed by atoms with van der Waals surface area (Å²) in [4.78, 5) is 5.67. The number of nitrogens with one attached hydrogen (secondary N) is 1. The first-order valence-corrected chi connectivity index (χ1v) is 7.32. The number of nitrogens with zero attached hydrogens (tertiary/aromatic N) is 1. The van der Waals surface area contributed by atoms with E-state index in [9.17, 15) is 0 Å². The number of hydrogen-bond donors (Lipinski definition) is 1. The Morgan fingerprint density at radius 2 is 2.35 bits per heavy atom. The Balaban J connectivity index is 1.69. The maximum absolute atomic E-state index is 5.75. The molecule has 3 heteroatoms. The Kier molecular flexibility index (Phi) is 4.19. The second kappa shape index (κ2) is 6.25. The lowest BCUT2D eigenvalue weighted by Gasteiger charge is -2.21. The van der Waals surface area contributed by atoms with Gasteiger partial charge in [0.25, 0.3) is 0 Å². The molecule has 1 aliphatic heterocycles. The summed E-state index contributed by atoms with van der Waals surface area (Å²) in [5.41, 5.74) is 2.60. The molecule has 1 N–H and O–H groups in total. The van der Waals surface area contributed by atoms with Crippen molar-refractivity contribution in [1.29, 1.82) is 0 Å². The molecule has 0 bridgehead atoms. The van der Waals surface area contributed by atoms with Gasteiger partial charge in [-0.1, -0.05) is 12.1 Å². The molecule has 1 aliphatic rings. The van der Waals surface area contributed by atoms with Gasteiger partial charge >= 0.3 is 0 Å². The quantitative estimate of drug-likeness (QED) is 0.865. The van der Waals surface area contributed by atoms with Gasteiger partial charge in [-0.05, 0) is 41.5 Å². The topological polar surface area (TPSA) is 28.3 Å². The van der Waals surface area contributed by atoms with E-state index in [4.69, 9.17) is 4.74 Å². The number of rotatable bonds is 4. The largest absolute Gasteiger partial charge is 0.380 e. The molecule has 106 valence electrons. The van der Waals surface area contributed by atoms with E-state index in [0.29, 0.717) is 5.92 Å². The van der Waals surface area contributed by atoms with Crippen LogP contribution >= 0.6 is 0 Å². The first-order valence-electron chi connectivity index (χ1n) is 7.32. The molecule has 1 fully saturated rings. The van der Waals surface area contributed by atoms with Crippen molar-refractivity contribution in [3.8, 4) is 0 Å². The Bertz CT molecular complexity index is 575. The molecular weight excluding hydrogens is 248 g/mol. The van der Waals surface area contributed by atoms with Crippen LogP contribution in [0.15, 0.2) is 43.1 Å². The van der Waals surface area contributed by atoms with Gasteiger partial charge in [-0.3, -0.25) is 4.90 Å². The molecule has 0 unspecified atom stereocenters. The standard InChI is InChI=1S/C17H22N2O/c1-2-7-19-8-9-20-13-15(12-19)10-14-3-4-17-16(11-14)5-6-18-17/h2-6,11,15,18H,1,7-10,12-13H2/t15-/m0/s1. The lowest BCUT2D eigenvalue weighted by Crippen LogP contribution is -2.31. The highest BCUT2D eigenvalue weighted by Gasteiger charge is 2.18. The fraction of sp³-hybridized carbons (Fsp3) is 0.412. The molecule has 20 heavy (non-hydrogen) atoms. The van der Waals surface area contributed by atoms with Crippen molar-refractivity contribution >= 4 is 10.9 Å². The fourth-order valence-electron chi connectivity index (χ4n) is 2.99. The van der Waals surface area contributed by atoms with E-state index in [1.165, 1.54) is 16.5 Å². The Morgan fingerprint density at radius 3 is 3.25 bits per heavy atom. The molecule has 0 radical (unpaired) electrons. The van der Waals surface area contributed by atoms with Crippen molar-refractivity contribution in [1.82, 2.24) is 9.88 Å². The van der Waals surface area contributed by atoms with Gasteiger partial charge in [0.15, 0.2) is 0 Å². The molecule has 0 amide bonds. The smallest absolute Gasteiger partial charge is 0.0593 e. The van der Waals surface area contributed by atoms with Crippen LogP contribution < -0.4 is 0 Å². The Labute approximate surface area is 120 Å². The average Bonchev–Trinajstić information content (AvgIpc) is 2.80. The van der Waals surface area contributed by atoms with E-state index in [1.807, 2.05) is 12.3 Å². The number of aromatic nitrogens is 1. The summed E-state index contributed by atoms with van der Waals surface area (Å²) in [6.45, 7) is 8.59. The zero-order valence-electron chi connectivity index (χ0n) is 11.8. The predicted molar refractivity (Wildman–Crippen MR) is 82.9 cm³/mol. The Morgan fingerprint density at radius 1 is 1.40 bits per heavy atom. The van der Waals surface area contributed by atoms with Gasteiger partial charge in [-0.25, -0.2) is 0 Å². The van der Waals surface area contributed by atoms with Gasteiger partial charge in [0, 0.05) is 31.3 Å². The molecule has 3 rings (SSSR count). The normalized spacial score (nSPS) is 20.9. The van der Waals surface area contributed by atoms with E-state index < -0.39 is 0 Å². The Hall–Kier alpha value is -1.58. The summed E-state index contributed by atoms with van der Waals surface area (Å²) in [7, 11) is 0. The van der Waals surface area contributed by atoms with Gasteiger partial charge in [0.2, 0.25) is 0 Å². The summed E-state index contributed by atoms with van der Waals surface area (Å²) >= 11 is 0. The third-order valence-corrected chi connectivity index (χ3v) is 3.95. The molecule has 2 heterocycles. The number of fused-ring (bicyclic) bond motifs is 1. The van der Waals surface area contributed by atoms with Gasteiger partial charge < -0.3 is 9.72 Å². The first kappa shape index (κ1) is 13.4. The van der Waals surface area contributed by atoms with Crippen molar-refractivity contribution in [2.24, 2.45) is 5.92 Å². The van der Waals surface area contributed by atoms with Crippen LogP contribution in [0.4, 0.5) is 0 Å². The number of ether oxygens (including phenoxy) is 1. The molecule has 2 aromatic rings. The monoisotopic (exact) mass is 270 g/mol. The van der Waals surface area contributed by atoms with Crippen molar-refractivity contribution in [3.05, 3.63) is 48.7 Å². The summed E-state index contributed by atoms with van der Waals surface area (Å²) in [6, 6.07) is 8.81. The molecule has 0 spiro atoms. The van der Waals surface area contributed by atoms with Crippen LogP contribution in [-0.2, 0) is 11.2 Å². The highest BCUT2D eigenvalue weighted by atomic mass is 16.5. The molecule has 0 saturated carbocycles. The van der Waals surface area contributed by atoms with Gasteiger partial charge in [0.05, 0.1) is 13.2 Å². The van der Waals surface area contributed by atoms with Crippen LogP contribution in [0, 0.1) is 5.92 Å². The lowest BCUT2D eigenvalue weighted by atomic mass is 9.98. The van der Waals surface area contributed by atoms with Crippen molar-refractivity contribution in [2.45, 2.75) is 6.42 Å². The minimum Gasteiger partial charge on any atom is -0.380 e. The molecular formula is C17H22N2O. The van der Waals surface area contributed by atoms with Crippen LogP contribution in [0.5, 0.6) is 0 Å². The van der Waals surface area contributed by atoms with Crippen LogP contribution in [-0.4, -0.2) is 42.7 Å². The summed E-state index contributed by atoms with van der Waals surface area (Å²) < 4.78 is 5.75. The van der Waals surface area contributed by atoms with E-state index in [1.54, 1.807) is 0 Å². The maximum atomic E-state index is 5.75. The number of H-pyrrole nitrogens is 1. The molecule has 1 aromatic heterocycles. The van der Waals surface area contributed by atoms with E-state index in [-0.39, 0.29) is 0 Å². The second-order valence-electron chi connectivity index (χ2n) is 5.59. The van der Waals surface area contributed by atoms with Crippen molar-refractivity contribution in [3.63, 3.8) is 0 Å². The SMILES string of the molecule is C=CCN1CCOC[C@@H](Cc2ccc3[nH]ccc3c2)C1. The molecule has 1 aromatic carbocycles. The highest BCUT2D eigenvalue weighted by molar-refractivity contribution is 5.79. The van der Waals surface area contributed by atoms with Gasteiger partial charge in [-0.15, -0.1) is 6.58 Å². The number of hydrogen-bond acceptors (Lipinski definition) is 2. The van der Waals surface area contributed by atoms with E-state index >= 15 is 0 Å². The highest BCUT2D eigenvalue weighted by Crippen LogP contribution is 2.19. The van der Waals surface area contributed by atoms with Gasteiger partial charge in [-0.2, -0.15) is 0 Å². The zero-order valence-corrected chi connectivity index (χ0v) is 11.8. The second-order valence-corrected chi connectivity index (χ2v) is 5.59. The minimum absolute atomic E-state index is 0.564. The number of benzene rings is 1. The average molecular weight is 270 g/mol. The predicted octanol–water partition coefficient (Wildman–Crippen LogP) is 2.84. The van der Waals surface area contributed by atoms with Crippen molar-refractivity contribution < 1.29 is 4.74 Å². The fourth-order valence-corrected chi connectivity index (χ4v) is 2.99. The van der Waals surface area contributed by atoms with Crippen LogP contribution in [0.1, 0.15) is 5.56 Å². The zero-order chi connectivity index (χ0) is 13.8.